The quantitative estimate of drug-likeness (QED) is 0.490. The molecule has 0 saturated carbocycles. The molecule has 0 aliphatic carbocycles. The molecule has 0 spiro atoms. The number of rotatable bonds is 6. The molecule has 2 amide bonds. The lowest BCUT2D eigenvalue weighted by Crippen LogP contribution is -2.47. The highest BCUT2D eigenvalue weighted by Gasteiger charge is 2.43. The second-order valence-corrected chi connectivity index (χ2v) is 6.79. The molecule has 1 aromatic carbocycles. The highest BCUT2D eigenvalue weighted by atomic mass is 16.6. The summed E-state index contributed by atoms with van der Waals surface area (Å²) in [6.07, 6.45) is 1.26. The van der Waals surface area contributed by atoms with Crippen molar-refractivity contribution in [3.63, 3.8) is 0 Å². The van der Waals surface area contributed by atoms with Crippen LogP contribution >= 0.6 is 0 Å². The minimum atomic E-state index is -0.983. The maximum atomic E-state index is 12.6. The van der Waals surface area contributed by atoms with Gasteiger partial charge < -0.3 is 9.84 Å². The van der Waals surface area contributed by atoms with Crippen molar-refractivity contribution in [2.75, 3.05) is 6.61 Å². The molecular weight excluding hydrogens is 310 g/mol. The van der Waals surface area contributed by atoms with Gasteiger partial charge in [0.15, 0.2) is 0 Å². The van der Waals surface area contributed by atoms with Gasteiger partial charge in [0.2, 0.25) is 0 Å². The molecule has 0 aromatic heterocycles. The molecule has 0 saturated heterocycles. The number of nitrogens with zero attached hydrogens (tertiary/aromatic N) is 1. The summed E-state index contributed by atoms with van der Waals surface area (Å²) in [5, 5.41) is 8.95. The third-order valence-corrected chi connectivity index (χ3v) is 3.70. The molecule has 1 aliphatic heterocycles. The number of unbranched alkanes of at least 4 members (excludes halogenated alkanes) is 1. The second kappa shape index (κ2) is 7.13. The van der Waals surface area contributed by atoms with E-state index in [0.717, 1.165) is 4.90 Å². The van der Waals surface area contributed by atoms with Gasteiger partial charge >= 0.3 is 5.97 Å². The van der Waals surface area contributed by atoms with Crippen LogP contribution in [0.2, 0.25) is 0 Å². The summed E-state index contributed by atoms with van der Waals surface area (Å²) in [5.74, 6) is -1.55. The van der Waals surface area contributed by atoms with E-state index in [1.165, 1.54) is 0 Å². The molecule has 1 atom stereocenters. The van der Waals surface area contributed by atoms with Crippen LogP contribution in [0.25, 0.3) is 0 Å². The summed E-state index contributed by atoms with van der Waals surface area (Å²) in [7, 11) is 0. The number of aliphatic hydroxyl groups is 1. The summed E-state index contributed by atoms with van der Waals surface area (Å²) in [4.78, 5) is 38.7. The Morgan fingerprint density at radius 1 is 1.12 bits per heavy atom. The van der Waals surface area contributed by atoms with Gasteiger partial charge in [-0.05, 0) is 52.2 Å². The van der Waals surface area contributed by atoms with Crippen molar-refractivity contribution >= 4 is 17.8 Å². The molecule has 1 heterocycles. The molecule has 1 aromatic rings. The van der Waals surface area contributed by atoms with E-state index in [-0.39, 0.29) is 13.0 Å². The zero-order valence-corrected chi connectivity index (χ0v) is 14.2. The number of esters is 1. The van der Waals surface area contributed by atoms with E-state index in [2.05, 4.69) is 0 Å². The zero-order valence-electron chi connectivity index (χ0n) is 14.2. The van der Waals surface area contributed by atoms with Crippen LogP contribution in [0.3, 0.4) is 0 Å². The van der Waals surface area contributed by atoms with Crippen LogP contribution in [-0.4, -0.2) is 46.0 Å². The monoisotopic (exact) mass is 333 g/mol. The number of ether oxygens (including phenoxy) is 1. The van der Waals surface area contributed by atoms with E-state index in [4.69, 9.17) is 9.84 Å². The van der Waals surface area contributed by atoms with Gasteiger partial charge in [0.25, 0.3) is 11.8 Å². The Hall–Kier alpha value is -2.21. The van der Waals surface area contributed by atoms with Crippen LogP contribution in [-0.2, 0) is 9.53 Å². The Kier molecular flexibility index (Phi) is 5.39. The molecule has 24 heavy (non-hydrogen) atoms. The third-order valence-electron chi connectivity index (χ3n) is 3.70. The average Bonchev–Trinajstić information content (AvgIpc) is 2.75. The van der Waals surface area contributed by atoms with Crippen molar-refractivity contribution in [3.8, 4) is 0 Å². The van der Waals surface area contributed by atoms with Crippen LogP contribution in [0.15, 0.2) is 24.3 Å². The Bertz CT molecular complexity index is 612. The van der Waals surface area contributed by atoms with E-state index >= 15 is 0 Å². The zero-order chi connectivity index (χ0) is 17.9. The number of amides is 2. The van der Waals surface area contributed by atoms with Crippen LogP contribution in [0.5, 0.6) is 0 Å². The van der Waals surface area contributed by atoms with E-state index in [1.54, 1.807) is 45.0 Å². The van der Waals surface area contributed by atoms with E-state index in [1.807, 2.05) is 0 Å². The molecule has 6 heteroatoms. The number of aliphatic hydroxyl groups excluding tert-OH is 1. The summed E-state index contributed by atoms with van der Waals surface area (Å²) < 4.78 is 5.39. The number of hydrogen-bond donors (Lipinski definition) is 1. The maximum Gasteiger partial charge on any atom is 0.329 e. The van der Waals surface area contributed by atoms with Crippen molar-refractivity contribution in [2.45, 2.75) is 51.7 Å². The van der Waals surface area contributed by atoms with Crippen LogP contribution in [0.4, 0.5) is 0 Å². The predicted octanol–water partition coefficient (Wildman–Crippen LogP) is 2.16. The van der Waals surface area contributed by atoms with E-state index < -0.39 is 29.4 Å². The molecule has 1 unspecified atom stereocenters. The van der Waals surface area contributed by atoms with Gasteiger partial charge in [-0.15, -0.1) is 0 Å². The van der Waals surface area contributed by atoms with Crippen LogP contribution < -0.4 is 0 Å². The fraction of sp³-hybridized carbons (Fsp3) is 0.500. The summed E-state index contributed by atoms with van der Waals surface area (Å²) in [6.45, 7) is 5.19. The maximum absolute atomic E-state index is 12.6. The molecular formula is C18H23NO5. The predicted molar refractivity (Wildman–Crippen MR) is 87.5 cm³/mol. The minimum Gasteiger partial charge on any atom is -0.458 e. The first-order valence-electron chi connectivity index (χ1n) is 8.07. The summed E-state index contributed by atoms with van der Waals surface area (Å²) in [5.41, 5.74) is -0.109. The molecule has 6 nitrogen and oxygen atoms in total. The SMILES string of the molecule is CC(C)(C)OC(=O)C(CCCCO)N1C(=O)c2ccccc2C1=O. The number of imide groups is 1. The normalized spacial score (nSPS) is 15.4. The standard InChI is InChI=1S/C18H23NO5/c1-18(2,3)24-17(23)14(10-6-7-11-20)19-15(21)12-8-4-5-9-13(12)16(19)22/h4-5,8-9,14,20H,6-7,10-11H2,1-3H3. The molecule has 0 radical (unpaired) electrons. The smallest absolute Gasteiger partial charge is 0.329 e. The lowest BCUT2D eigenvalue weighted by atomic mass is 10.1. The molecule has 2 rings (SSSR count). The Labute approximate surface area is 141 Å². The van der Waals surface area contributed by atoms with Crippen molar-refractivity contribution in [1.29, 1.82) is 0 Å². The number of benzene rings is 1. The Balaban J connectivity index is 2.29. The largest absolute Gasteiger partial charge is 0.458 e. The number of hydrogen-bond acceptors (Lipinski definition) is 5. The van der Waals surface area contributed by atoms with Gasteiger partial charge in [-0.2, -0.15) is 0 Å². The summed E-state index contributed by atoms with van der Waals surface area (Å²) >= 11 is 0. The van der Waals surface area contributed by atoms with Gasteiger partial charge in [-0.25, -0.2) is 4.79 Å². The van der Waals surface area contributed by atoms with Crippen molar-refractivity contribution in [2.24, 2.45) is 0 Å². The second-order valence-electron chi connectivity index (χ2n) is 6.79. The van der Waals surface area contributed by atoms with Crippen LogP contribution in [0, 0.1) is 0 Å². The molecule has 0 bridgehead atoms. The van der Waals surface area contributed by atoms with E-state index in [9.17, 15) is 14.4 Å². The first-order valence-corrected chi connectivity index (χ1v) is 8.07. The van der Waals surface area contributed by atoms with Gasteiger partial charge in [-0.3, -0.25) is 14.5 Å². The Morgan fingerprint density at radius 3 is 2.12 bits per heavy atom. The van der Waals surface area contributed by atoms with Crippen LogP contribution in [0.1, 0.15) is 60.7 Å². The minimum absolute atomic E-state index is 0.0108. The van der Waals surface area contributed by atoms with Crippen molar-refractivity contribution < 1.29 is 24.2 Å². The lowest BCUT2D eigenvalue weighted by molar-refractivity contribution is -0.160. The third kappa shape index (κ3) is 3.82. The molecule has 1 aliphatic rings. The van der Waals surface area contributed by atoms with Gasteiger partial charge in [0, 0.05) is 6.61 Å². The van der Waals surface area contributed by atoms with Gasteiger partial charge in [0.1, 0.15) is 11.6 Å². The highest BCUT2D eigenvalue weighted by molar-refractivity contribution is 6.22. The number of carbonyl (C=O) groups excluding carboxylic acids is 3. The molecule has 0 fully saturated rings. The Morgan fingerprint density at radius 2 is 1.67 bits per heavy atom. The summed E-state index contributed by atoms with van der Waals surface area (Å²) in [6, 6.07) is 5.54. The number of fused-ring (bicyclic) bond motifs is 1. The van der Waals surface area contributed by atoms with Crippen molar-refractivity contribution in [1.82, 2.24) is 4.90 Å². The fourth-order valence-electron chi connectivity index (χ4n) is 2.66. The highest BCUT2D eigenvalue weighted by Crippen LogP contribution is 2.27. The van der Waals surface area contributed by atoms with Crippen molar-refractivity contribution in [3.05, 3.63) is 35.4 Å². The van der Waals surface area contributed by atoms with Gasteiger partial charge in [0.05, 0.1) is 11.1 Å². The first-order chi connectivity index (χ1) is 11.3. The van der Waals surface area contributed by atoms with E-state index in [0.29, 0.717) is 24.0 Å². The van der Waals surface area contributed by atoms with Gasteiger partial charge in [-0.1, -0.05) is 12.1 Å². The lowest BCUT2D eigenvalue weighted by Gasteiger charge is -2.28. The number of carbonyl (C=O) groups is 3. The average molecular weight is 333 g/mol. The molecule has 1 N–H and O–H groups in total. The topological polar surface area (TPSA) is 83.9 Å². The molecule has 130 valence electrons. The fourth-order valence-corrected chi connectivity index (χ4v) is 2.66. The first kappa shape index (κ1) is 18.1.